The number of carbonyl (C=O) groups is 1. The molecule has 7 heteroatoms. The molecule has 0 aliphatic rings. The van der Waals surface area contributed by atoms with E-state index in [4.69, 9.17) is 11.6 Å². The summed E-state index contributed by atoms with van der Waals surface area (Å²) in [6.07, 6.45) is 0. The summed E-state index contributed by atoms with van der Waals surface area (Å²) < 4.78 is 14.6. The molecular weight excluding hydrogens is 273 g/mol. The summed E-state index contributed by atoms with van der Waals surface area (Å²) in [6, 6.07) is 6.73. The molecule has 2 rings (SSSR count). The van der Waals surface area contributed by atoms with Crippen LogP contribution in [0.3, 0.4) is 0 Å². The molecule has 0 fully saturated rings. The topological polar surface area (TPSA) is 64.0 Å². The average Bonchev–Trinajstić information content (AvgIpc) is 2.38. The first kappa shape index (κ1) is 13.2. The lowest BCUT2D eigenvalue weighted by molar-refractivity contribution is 0.101. The predicted molar refractivity (Wildman–Crippen MR) is 68.8 cm³/mol. The van der Waals surface area contributed by atoms with Gasteiger partial charge in [0.25, 0.3) is 11.5 Å². The van der Waals surface area contributed by atoms with Crippen LogP contribution in [0.5, 0.6) is 0 Å². The van der Waals surface area contributed by atoms with Crippen molar-refractivity contribution in [2.75, 3.05) is 5.32 Å². The number of aryl methyl sites for hydroxylation is 1. The molecule has 0 aliphatic carbocycles. The minimum absolute atomic E-state index is 0.00137. The standard InChI is InChI=1S/C12H9ClFN3O2/c1-17-10(18)6-5-9(16-17)12(19)15-8-4-2-3-7(13)11(8)14/h2-6H,1H3,(H,15,19). The molecular formula is C12H9ClFN3O2. The predicted octanol–water partition coefficient (Wildman–Crippen LogP) is 1.83. The van der Waals surface area contributed by atoms with Crippen LogP contribution >= 0.6 is 11.6 Å². The molecule has 98 valence electrons. The quantitative estimate of drug-likeness (QED) is 0.913. The van der Waals surface area contributed by atoms with E-state index >= 15 is 0 Å². The molecule has 0 unspecified atom stereocenters. The number of nitrogens with zero attached hydrogens (tertiary/aromatic N) is 2. The fraction of sp³-hybridized carbons (Fsp3) is 0.0833. The van der Waals surface area contributed by atoms with Crippen molar-refractivity contribution < 1.29 is 9.18 Å². The van der Waals surface area contributed by atoms with Gasteiger partial charge in [0.05, 0.1) is 10.7 Å². The van der Waals surface area contributed by atoms with Gasteiger partial charge in [-0.05, 0) is 18.2 Å². The van der Waals surface area contributed by atoms with Crippen LogP contribution in [0.25, 0.3) is 0 Å². The lowest BCUT2D eigenvalue weighted by Gasteiger charge is -2.07. The second-order valence-electron chi connectivity index (χ2n) is 3.74. The average molecular weight is 282 g/mol. The second-order valence-corrected chi connectivity index (χ2v) is 4.14. The third-order valence-electron chi connectivity index (χ3n) is 2.39. The van der Waals surface area contributed by atoms with Crippen molar-refractivity contribution in [2.24, 2.45) is 7.05 Å². The summed E-state index contributed by atoms with van der Waals surface area (Å²) in [5, 5.41) is 6.00. The smallest absolute Gasteiger partial charge is 0.276 e. The summed E-state index contributed by atoms with van der Waals surface area (Å²) in [7, 11) is 1.42. The number of benzene rings is 1. The van der Waals surface area contributed by atoms with Gasteiger partial charge >= 0.3 is 0 Å². The first-order chi connectivity index (χ1) is 8.99. The van der Waals surface area contributed by atoms with E-state index in [1.807, 2.05) is 0 Å². The Balaban J connectivity index is 2.28. The maximum Gasteiger partial charge on any atom is 0.276 e. The maximum atomic E-state index is 13.6. The van der Waals surface area contributed by atoms with Crippen molar-refractivity contribution in [3.8, 4) is 0 Å². The van der Waals surface area contributed by atoms with Crippen molar-refractivity contribution in [1.29, 1.82) is 0 Å². The minimum Gasteiger partial charge on any atom is -0.318 e. The fourth-order valence-electron chi connectivity index (χ4n) is 1.41. The molecule has 5 nitrogen and oxygen atoms in total. The van der Waals surface area contributed by atoms with E-state index in [1.54, 1.807) is 0 Å². The normalized spacial score (nSPS) is 10.3. The SMILES string of the molecule is Cn1nc(C(=O)Nc2cccc(Cl)c2F)ccc1=O. The molecule has 2 aromatic rings. The van der Waals surface area contributed by atoms with Crippen molar-refractivity contribution in [3.63, 3.8) is 0 Å². The molecule has 0 atom stereocenters. The molecule has 0 spiro atoms. The number of halogens is 2. The summed E-state index contributed by atoms with van der Waals surface area (Å²) in [5.41, 5.74) is -0.389. The van der Waals surface area contributed by atoms with Crippen LogP contribution in [-0.4, -0.2) is 15.7 Å². The molecule has 1 N–H and O–H groups in total. The highest BCUT2D eigenvalue weighted by Gasteiger charge is 2.13. The monoisotopic (exact) mass is 281 g/mol. The van der Waals surface area contributed by atoms with E-state index in [2.05, 4.69) is 10.4 Å². The Morgan fingerprint density at radius 2 is 2.11 bits per heavy atom. The maximum absolute atomic E-state index is 13.6. The van der Waals surface area contributed by atoms with Gasteiger partial charge in [-0.1, -0.05) is 17.7 Å². The number of carbonyl (C=O) groups excluding carboxylic acids is 1. The molecule has 1 aromatic carbocycles. The van der Waals surface area contributed by atoms with Crippen molar-refractivity contribution in [2.45, 2.75) is 0 Å². The largest absolute Gasteiger partial charge is 0.318 e. The summed E-state index contributed by atoms with van der Waals surface area (Å²) in [5.74, 6) is -1.35. The Hall–Kier alpha value is -2.21. The first-order valence-corrected chi connectivity index (χ1v) is 5.66. The molecule has 1 aromatic heterocycles. The van der Waals surface area contributed by atoms with E-state index < -0.39 is 11.7 Å². The third-order valence-corrected chi connectivity index (χ3v) is 2.68. The first-order valence-electron chi connectivity index (χ1n) is 5.29. The van der Waals surface area contributed by atoms with E-state index in [9.17, 15) is 14.0 Å². The highest BCUT2D eigenvalue weighted by atomic mass is 35.5. The Bertz CT molecular complexity index is 700. The van der Waals surface area contributed by atoms with Gasteiger partial charge in [-0.2, -0.15) is 5.10 Å². The molecule has 0 saturated heterocycles. The number of aromatic nitrogens is 2. The van der Waals surface area contributed by atoms with Gasteiger partial charge in [-0.25, -0.2) is 9.07 Å². The zero-order valence-corrected chi connectivity index (χ0v) is 10.6. The molecule has 0 saturated carbocycles. The van der Waals surface area contributed by atoms with Gasteiger partial charge in [0.15, 0.2) is 5.82 Å². The molecule has 0 aliphatic heterocycles. The molecule has 0 bridgehead atoms. The number of anilines is 1. The van der Waals surface area contributed by atoms with E-state index in [-0.39, 0.29) is 22.0 Å². The lowest BCUT2D eigenvalue weighted by atomic mass is 10.3. The van der Waals surface area contributed by atoms with Crippen LogP contribution in [0.4, 0.5) is 10.1 Å². The summed E-state index contributed by atoms with van der Waals surface area (Å²) >= 11 is 5.60. The van der Waals surface area contributed by atoms with Gasteiger partial charge in [0.2, 0.25) is 0 Å². The molecule has 0 radical (unpaired) electrons. The highest BCUT2D eigenvalue weighted by molar-refractivity contribution is 6.31. The minimum atomic E-state index is -0.720. The summed E-state index contributed by atoms with van der Waals surface area (Å²) in [4.78, 5) is 23.0. The van der Waals surface area contributed by atoms with Crippen LogP contribution in [0.1, 0.15) is 10.5 Å². The van der Waals surface area contributed by atoms with E-state index in [1.165, 1.54) is 37.4 Å². The Morgan fingerprint density at radius 1 is 1.37 bits per heavy atom. The van der Waals surface area contributed by atoms with Gasteiger partial charge in [0, 0.05) is 13.1 Å². The second kappa shape index (κ2) is 5.19. The van der Waals surface area contributed by atoms with Gasteiger partial charge in [-0.15, -0.1) is 0 Å². The van der Waals surface area contributed by atoms with E-state index in [0.29, 0.717) is 0 Å². The van der Waals surface area contributed by atoms with Gasteiger partial charge < -0.3 is 5.32 Å². The van der Waals surface area contributed by atoms with Crippen LogP contribution in [0, 0.1) is 5.82 Å². The fourth-order valence-corrected chi connectivity index (χ4v) is 1.58. The van der Waals surface area contributed by atoms with Gasteiger partial charge in [-0.3, -0.25) is 9.59 Å². The van der Waals surface area contributed by atoms with E-state index in [0.717, 1.165) is 4.68 Å². The number of hydrogen-bond acceptors (Lipinski definition) is 3. The van der Waals surface area contributed by atoms with Crippen LogP contribution in [-0.2, 0) is 7.05 Å². The zero-order chi connectivity index (χ0) is 14.0. The van der Waals surface area contributed by atoms with Crippen molar-refractivity contribution >= 4 is 23.2 Å². The number of amides is 1. The number of nitrogens with one attached hydrogen (secondary N) is 1. The highest BCUT2D eigenvalue weighted by Crippen LogP contribution is 2.22. The van der Waals surface area contributed by atoms with Gasteiger partial charge in [0.1, 0.15) is 5.69 Å². The third kappa shape index (κ3) is 2.79. The molecule has 19 heavy (non-hydrogen) atoms. The Kier molecular flexibility index (Phi) is 3.62. The zero-order valence-electron chi connectivity index (χ0n) is 9.85. The van der Waals surface area contributed by atoms with Crippen LogP contribution in [0.2, 0.25) is 5.02 Å². The lowest BCUT2D eigenvalue weighted by Crippen LogP contribution is -2.23. The number of rotatable bonds is 2. The molecule has 1 amide bonds. The van der Waals surface area contributed by atoms with Crippen molar-refractivity contribution in [3.05, 3.63) is 57.2 Å². The number of hydrogen-bond donors (Lipinski definition) is 1. The Morgan fingerprint density at radius 3 is 2.79 bits per heavy atom. The molecule has 1 heterocycles. The Labute approximate surface area is 112 Å². The van der Waals surface area contributed by atoms with Crippen molar-refractivity contribution in [1.82, 2.24) is 9.78 Å². The van der Waals surface area contributed by atoms with Crippen LogP contribution in [0.15, 0.2) is 35.1 Å². The summed E-state index contributed by atoms with van der Waals surface area (Å²) in [6.45, 7) is 0. The van der Waals surface area contributed by atoms with Crippen LogP contribution < -0.4 is 10.9 Å².